The smallest absolute Gasteiger partial charge is 0.397 e. The summed E-state index contributed by atoms with van der Waals surface area (Å²) >= 11 is 0. The minimum Gasteiger partial charge on any atom is -0.457 e. The average molecular weight is 957 g/mol. The van der Waals surface area contributed by atoms with E-state index in [1.165, 1.54) is 128 Å². The molecule has 0 saturated carbocycles. The largest absolute Gasteiger partial charge is 0.457 e. The second-order valence-corrected chi connectivity index (χ2v) is 19.2. The van der Waals surface area contributed by atoms with Gasteiger partial charge in [-0.15, -0.1) is 0 Å². The maximum absolute atomic E-state index is 12.9. The zero-order valence-corrected chi connectivity index (χ0v) is 42.3. The van der Waals surface area contributed by atoms with Gasteiger partial charge < -0.3 is 34.3 Å². The molecule has 0 aromatic heterocycles. The van der Waals surface area contributed by atoms with Gasteiger partial charge in [-0.2, -0.15) is 8.42 Å². The molecule has 0 amide bonds. The van der Waals surface area contributed by atoms with Gasteiger partial charge in [0.15, 0.2) is 6.29 Å². The van der Waals surface area contributed by atoms with Gasteiger partial charge in [-0.3, -0.25) is 9.35 Å². The van der Waals surface area contributed by atoms with Crippen molar-refractivity contribution in [1.82, 2.24) is 0 Å². The van der Waals surface area contributed by atoms with E-state index < -0.39 is 59.8 Å². The molecule has 0 bridgehead atoms. The number of aliphatic hydroxyl groups excluding tert-OH is 3. The number of hydrogen-bond donors (Lipinski definition) is 4. The molecule has 4 N–H and O–H groups in total. The summed E-state index contributed by atoms with van der Waals surface area (Å²) in [5, 5.41) is 30.8. The fourth-order valence-electron chi connectivity index (χ4n) is 7.91. The van der Waals surface area contributed by atoms with Crippen LogP contribution in [-0.2, 0) is 38.3 Å². The highest BCUT2D eigenvalue weighted by Crippen LogP contribution is 2.26. The van der Waals surface area contributed by atoms with Crippen molar-refractivity contribution < 1.29 is 56.2 Å². The Kier molecular flexibility index (Phi) is 41.6. The first-order chi connectivity index (χ1) is 32.1. The van der Waals surface area contributed by atoms with E-state index in [0.29, 0.717) is 13.0 Å². The Labute approximate surface area is 402 Å². The zero-order valence-electron chi connectivity index (χ0n) is 41.5. The van der Waals surface area contributed by atoms with Gasteiger partial charge in [0.2, 0.25) is 0 Å². The molecular weight excluding hydrogens is 861 g/mol. The number of carbonyl (C=O) groups is 1. The Morgan fingerprint density at radius 1 is 0.576 bits per heavy atom. The fourth-order valence-corrected chi connectivity index (χ4v) is 8.42. The maximum atomic E-state index is 12.9. The summed E-state index contributed by atoms with van der Waals surface area (Å²) < 4.78 is 59.3. The molecule has 1 aliphatic rings. The van der Waals surface area contributed by atoms with Crippen molar-refractivity contribution in [3.63, 3.8) is 0 Å². The number of carbonyl (C=O) groups excluding carboxylic acids is 1. The van der Waals surface area contributed by atoms with Crippen molar-refractivity contribution in [2.75, 3.05) is 26.4 Å². The lowest BCUT2D eigenvalue weighted by atomic mass is 9.99. The van der Waals surface area contributed by atoms with Crippen molar-refractivity contribution in [1.29, 1.82) is 0 Å². The molecule has 0 aromatic rings. The first-order valence-electron chi connectivity index (χ1n) is 26.4. The van der Waals surface area contributed by atoms with Crippen LogP contribution in [0.5, 0.6) is 0 Å². The molecule has 1 heterocycles. The molecule has 0 aliphatic carbocycles. The standard InChI is InChI=1S/C53H96O12S/c1-3-5-7-9-11-13-15-17-19-21-22-23-24-25-27-29-31-33-35-37-39-41-43-61-45-47(46-62-53-51(57)52(65-66(58,59)60)50(56)48(44-54)64-53)63-49(55)42-40-38-36-34-32-30-28-26-20-18-16-14-12-10-8-6-4-2/h15,17-18,20-22,24-25,47-48,50-54,56-57H,3-14,16,19,23,26-46H2,1-2H3,(H,58,59,60)/b17-15-,20-18-,22-21-,25-24-. The maximum Gasteiger partial charge on any atom is 0.397 e. The van der Waals surface area contributed by atoms with Gasteiger partial charge in [0.25, 0.3) is 0 Å². The van der Waals surface area contributed by atoms with Gasteiger partial charge in [0.05, 0.1) is 19.8 Å². The highest BCUT2D eigenvalue weighted by Gasteiger charge is 2.48. The summed E-state index contributed by atoms with van der Waals surface area (Å²) in [6, 6.07) is 0. The van der Waals surface area contributed by atoms with E-state index in [1.54, 1.807) is 0 Å². The van der Waals surface area contributed by atoms with E-state index in [0.717, 1.165) is 64.2 Å². The molecule has 12 nitrogen and oxygen atoms in total. The van der Waals surface area contributed by atoms with E-state index in [-0.39, 0.29) is 19.6 Å². The first kappa shape index (κ1) is 62.1. The van der Waals surface area contributed by atoms with Gasteiger partial charge in [0, 0.05) is 13.0 Å². The summed E-state index contributed by atoms with van der Waals surface area (Å²) in [6.45, 7) is 3.97. The Morgan fingerprint density at radius 2 is 1.00 bits per heavy atom. The minimum absolute atomic E-state index is 0.0272. The van der Waals surface area contributed by atoms with E-state index in [4.69, 9.17) is 18.9 Å². The van der Waals surface area contributed by atoms with Crippen LogP contribution in [0.2, 0.25) is 0 Å². The Morgan fingerprint density at radius 3 is 1.47 bits per heavy atom. The molecule has 0 radical (unpaired) electrons. The molecule has 1 rings (SSSR count). The van der Waals surface area contributed by atoms with Crippen LogP contribution in [-0.4, -0.2) is 97.5 Å². The lowest BCUT2D eigenvalue weighted by Gasteiger charge is -2.41. The number of aliphatic hydroxyl groups is 3. The highest BCUT2D eigenvalue weighted by molar-refractivity contribution is 7.80. The van der Waals surface area contributed by atoms with Crippen LogP contribution in [0.1, 0.15) is 219 Å². The van der Waals surface area contributed by atoms with Crippen LogP contribution >= 0.6 is 0 Å². The third-order valence-corrected chi connectivity index (χ3v) is 12.4. The summed E-state index contributed by atoms with van der Waals surface area (Å²) in [5.74, 6) is -0.407. The molecule has 6 unspecified atom stereocenters. The molecule has 386 valence electrons. The third-order valence-electron chi connectivity index (χ3n) is 11.9. The molecule has 6 atom stereocenters. The van der Waals surface area contributed by atoms with Crippen molar-refractivity contribution in [3.8, 4) is 0 Å². The van der Waals surface area contributed by atoms with Crippen molar-refractivity contribution in [2.24, 2.45) is 0 Å². The van der Waals surface area contributed by atoms with Crippen LogP contribution in [0.15, 0.2) is 48.6 Å². The van der Waals surface area contributed by atoms with E-state index >= 15 is 0 Å². The SMILES string of the molecule is CCCCCCC/C=C\C/C=C\C/C=C\CCCCCCCCCOCC(COC1OC(CO)C(O)C(OS(=O)(=O)O)C1O)OC(=O)CCCCCCCCC/C=C\CCCCCCCC. The van der Waals surface area contributed by atoms with Gasteiger partial charge >= 0.3 is 16.4 Å². The highest BCUT2D eigenvalue weighted by atomic mass is 32.3. The quantitative estimate of drug-likeness (QED) is 0.0197. The second kappa shape index (κ2) is 44.3. The normalized spacial score (nSPS) is 19.9. The summed E-state index contributed by atoms with van der Waals surface area (Å²) in [5.41, 5.74) is 0. The van der Waals surface area contributed by atoms with Crippen molar-refractivity contribution in [2.45, 2.75) is 256 Å². The van der Waals surface area contributed by atoms with Crippen LogP contribution in [0.4, 0.5) is 0 Å². The lowest BCUT2D eigenvalue weighted by Crippen LogP contribution is -2.60. The molecule has 0 spiro atoms. The molecular formula is C53H96O12S. The number of esters is 1. The Hall–Kier alpha value is -1.94. The molecule has 66 heavy (non-hydrogen) atoms. The van der Waals surface area contributed by atoms with Gasteiger partial charge in [0.1, 0.15) is 30.5 Å². The Bertz CT molecular complexity index is 1340. The van der Waals surface area contributed by atoms with Crippen molar-refractivity contribution >= 4 is 16.4 Å². The molecule has 1 aliphatic heterocycles. The predicted molar refractivity (Wildman–Crippen MR) is 266 cm³/mol. The van der Waals surface area contributed by atoms with E-state index in [1.807, 2.05) is 0 Å². The summed E-state index contributed by atoms with van der Waals surface area (Å²) in [4.78, 5) is 12.9. The minimum atomic E-state index is -5.07. The van der Waals surface area contributed by atoms with Crippen molar-refractivity contribution in [3.05, 3.63) is 48.6 Å². The van der Waals surface area contributed by atoms with Gasteiger partial charge in [-0.05, 0) is 77.0 Å². The third kappa shape index (κ3) is 37.0. The second-order valence-electron chi connectivity index (χ2n) is 18.1. The van der Waals surface area contributed by atoms with Crippen LogP contribution in [0.25, 0.3) is 0 Å². The molecule has 0 aromatic carbocycles. The average Bonchev–Trinajstić information content (AvgIpc) is 3.29. The molecule has 13 heteroatoms. The molecule has 1 saturated heterocycles. The Balaban J connectivity index is 2.36. The topological polar surface area (TPSA) is 178 Å². The number of unbranched alkanes of at least 4 members (excludes halogenated alkanes) is 25. The number of hydrogen-bond acceptors (Lipinski definition) is 11. The fraction of sp³-hybridized carbons (Fsp3) is 0.830. The molecule has 1 fully saturated rings. The first-order valence-corrected chi connectivity index (χ1v) is 27.8. The summed E-state index contributed by atoms with van der Waals surface area (Å²) in [7, 11) is -5.07. The van der Waals surface area contributed by atoms with Gasteiger partial charge in [-0.1, -0.05) is 184 Å². The van der Waals surface area contributed by atoms with Crippen LogP contribution in [0.3, 0.4) is 0 Å². The number of ether oxygens (including phenoxy) is 4. The van der Waals surface area contributed by atoms with Gasteiger partial charge in [-0.25, -0.2) is 4.18 Å². The van der Waals surface area contributed by atoms with Crippen LogP contribution in [0, 0.1) is 0 Å². The predicted octanol–water partition coefficient (Wildman–Crippen LogP) is 12.3. The van der Waals surface area contributed by atoms with E-state index in [2.05, 4.69) is 66.6 Å². The number of allylic oxidation sites excluding steroid dienone is 8. The summed E-state index contributed by atoms with van der Waals surface area (Å²) in [6.07, 6.45) is 45.7. The monoisotopic (exact) mass is 957 g/mol. The zero-order chi connectivity index (χ0) is 48.2. The lowest BCUT2D eigenvalue weighted by molar-refractivity contribution is -0.301. The van der Waals surface area contributed by atoms with Crippen LogP contribution < -0.4 is 0 Å². The van der Waals surface area contributed by atoms with E-state index in [9.17, 15) is 33.1 Å². The number of rotatable bonds is 46.